The molecular weight excluding hydrogens is 289 g/mol. The van der Waals surface area contributed by atoms with Gasteiger partial charge in [-0.1, -0.05) is 6.92 Å². The Hall–Kier alpha value is -2.25. The van der Waals surface area contributed by atoms with Crippen molar-refractivity contribution in [2.45, 2.75) is 19.5 Å². The second-order valence-corrected chi connectivity index (χ2v) is 4.35. The number of carbonyl (C=O) groups is 2. The van der Waals surface area contributed by atoms with Gasteiger partial charge in [-0.25, -0.2) is 9.59 Å². The van der Waals surface area contributed by atoms with Crippen LogP contribution in [0.25, 0.3) is 0 Å². The molecule has 2 amide bonds. The van der Waals surface area contributed by atoms with Gasteiger partial charge in [0.15, 0.2) is 0 Å². The van der Waals surface area contributed by atoms with E-state index in [-0.39, 0.29) is 17.8 Å². The third-order valence-electron chi connectivity index (χ3n) is 2.53. The van der Waals surface area contributed by atoms with Crippen molar-refractivity contribution in [2.24, 2.45) is 0 Å². The van der Waals surface area contributed by atoms with Crippen molar-refractivity contribution in [1.82, 2.24) is 4.90 Å². The molecule has 0 radical (unpaired) electrons. The third-order valence-corrected chi connectivity index (χ3v) is 2.53. The predicted octanol–water partition coefficient (Wildman–Crippen LogP) is 3.19. The SMILES string of the molecule is CCCN(CC(F)(F)F)C(=O)Nc1ccc(C(=O)O)cc1. The Morgan fingerprint density at radius 3 is 2.24 bits per heavy atom. The number of hydrogen-bond acceptors (Lipinski definition) is 2. The molecule has 21 heavy (non-hydrogen) atoms. The second-order valence-electron chi connectivity index (χ2n) is 4.35. The number of urea groups is 1. The van der Waals surface area contributed by atoms with Crippen LogP contribution in [0, 0.1) is 0 Å². The average Bonchev–Trinajstić information content (AvgIpc) is 2.37. The summed E-state index contributed by atoms with van der Waals surface area (Å²) in [5.41, 5.74) is 0.252. The number of anilines is 1. The third kappa shape index (κ3) is 5.72. The van der Waals surface area contributed by atoms with Crippen molar-refractivity contribution in [1.29, 1.82) is 0 Å². The van der Waals surface area contributed by atoms with E-state index < -0.39 is 24.7 Å². The summed E-state index contributed by atoms with van der Waals surface area (Å²) in [6, 6.07) is 4.27. The molecular formula is C13H15F3N2O3. The molecule has 0 atom stereocenters. The number of aromatic carboxylic acids is 1. The van der Waals surface area contributed by atoms with Gasteiger partial charge in [-0.2, -0.15) is 13.2 Å². The van der Waals surface area contributed by atoms with E-state index in [1.165, 1.54) is 24.3 Å². The van der Waals surface area contributed by atoms with E-state index >= 15 is 0 Å². The zero-order valence-corrected chi connectivity index (χ0v) is 11.3. The minimum atomic E-state index is -4.47. The molecule has 0 aliphatic carbocycles. The maximum Gasteiger partial charge on any atom is 0.406 e. The van der Waals surface area contributed by atoms with E-state index in [0.29, 0.717) is 11.3 Å². The van der Waals surface area contributed by atoms with Crippen LogP contribution >= 0.6 is 0 Å². The first-order valence-corrected chi connectivity index (χ1v) is 6.19. The van der Waals surface area contributed by atoms with Crippen LogP contribution in [0.3, 0.4) is 0 Å². The lowest BCUT2D eigenvalue weighted by Crippen LogP contribution is -2.41. The van der Waals surface area contributed by atoms with Crippen molar-refractivity contribution in [3.05, 3.63) is 29.8 Å². The molecule has 0 aliphatic rings. The molecule has 0 fully saturated rings. The summed E-state index contributed by atoms with van der Waals surface area (Å²) in [5.74, 6) is -1.13. The van der Waals surface area contributed by atoms with Crippen LogP contribution in [0.2, 0.25) is 0 Å². The fraction of sp³-hybridized carbons (Fsp3) is 0.385. The lowest BCUT2D eigenvalue weighted by molar-refractivity contribution is -0.139. The molecule has 0 aliphatic heterocycles. The largest absolute Gasteiger partial charge is 0.478 e. The standard InChI is InChI=1S/C13H15F3N2O3/c1-2-7-18(8-13(14,15)16)12(21)17-10-5-3-9(4-6-10)11(19)20/h3-6H,2,7-8H2,1H3,(H,17,21)(H,19,20). The Labute approximate surface area is 119 Å². The monoisotopic (exact) mass is 304 g/mol. The summed E-state index contributed by atoms with van der Waals surface area (Å²) < 4.78 is 37.1. The number of alkyl halides is 3. The molecule has 0 bridgehead atoms. The Balaban J connectivity index is 2.74. The number of amides is 2. The molecule has 1 aromatic rings. The zero-order chi connectivity index (χ0) is 16.0. The highest BCUT2D eigenvalue weighted by atomic mass is 19.4. The predicted molar refractivity (Wildman–Crippen MR) is 70.3 cm³/mol. The minimum Gasteiger partial charge on any atom is -0.478 e. The van der Waals surface area contributed by atoms with E-state index in [9.17, 15) is 22.8 Å². The van der Waals surface area contributed by atoms with Crippen molar-refractivity contribution in [3.8, 4) is 0 Å². The average molecular weight is 304 g/mol. The fourth-order valence-corrected chi connectivity index (χ4v) is 1.64. The van der Waals surface area contributed by atoms with Crippen LogP contribution < -0.4 is 5.32 Å². The Morgan fingerprint density at radius 1 is 1.24 bits per heavy atom. The first-order chi connectivity index (χ1) is 9.73. The molecule has 8 heteroatoms. The first kappa shape index (κ1) is 16.8. The van der Waals surface area contributed by atoms with E-state index in [2.05, 4.69) is 5.32 Å². The summed E-state index contributed by atoms with van der Waals surface area (Å²) >= 11 is 0. The molecule has 1 aromatic carbocycles. The van der Waals surface area contributed by atoms with Crippen LogP contribution in [-0.2, 0) is 0 Å². The van der Waals surface area contributed by atoms with Crippen LogP contribution in [0.15, 0.2) is 24.3 Å². The maximum absolute atomic E-state index is 12.4. The molecule has 0 spiro atoms. The number of benzene rings is 1. The van der Waals surface area contributed by atoms with Gasteiger partial charge in [0, 0.05) is 12.2 Å². The molecule has 0 saturated heterocycles. The van der Waals surface area contributed by atoms with E-state index in [4.69, 9.17) is 5.11 Å². The second kappa shape index (κ2) is 6.96. The van der Waals surface area contributed by atoms with Crippen LogP contribution in [0.4, 0.5) is 23.7 Å². The minimum absolute atomic E-state index is 0.0219. The quantitative estimate of drug-likeness (QED) is 0.877. The number of nitrogens with one attached hydrogen (secondary N) is 1. The Bertz CT molecular complexity index is 500. The summed E-state index contributed by atoms with van der Waals surface area (Å²) in [7, 11) is 0. The zero-order valence-electron chi connectivity index (χ0n) is 11.3. The smallest absolute Gasteiger partial charge is 0.406 e. The summed E-state index contributed by atoms with van der Waals surface area (Å²) in [5, 5.41) is 11.0. The van der Waals surface area contributed by atoms with Gasteiger partial charge in [0.05, 0.1) is 5.56 Å². The summed E-state index contributed by atoms with van der Waals surface area (Å²) in [6.45, 7) is 0.302. The van der Waals surface area contributed by atoms with Crippen LogP contribution in [-0.4, -0.2) is 41.3 Å². The highest BCUT2D eigenvalue weighted by molar-refractivity contribution is 5.91. The fourth-order valence-electron chi connectivity index (χ4n) is 1.64. The topological polar surface area (TPSA) is 69.6 Å². The number of halogens is 3. The first-order valence-electron chi connectivity index (χ1n) is 6.19. The molecule has 0 saturated carbocycles. The molecule has 1 rings (SSSR count). The van der Waals surface area contributed by atoms with Crippen molar-refractivity contribution in [3.63, 3.8) is 0 Å². The van der Waals surface area contributed by atoms with Gasteiger partial charge in [0.2, 0.25) is 0 Å². The highest BCUT2D eigenvalue weighted by Crippen LogP contribution is 2.18. The number of rotatable bonds is 5. The molecule has 116 valence electrons. The van der Waals surface area contributed by atoms with Crippen molar-refractivity contribution >= 4 is 17.7 Å². The molecule has 5 nitrogen and oxygen atoms in total. The van der Waals surface area contributed by atoms with Gasteiger partial charge >= 0.3 is 18.2 Å². The lowest BCUT2D eigenvalue weighted by Gasteiger charge is -2.23. The van der Waals surface area contributed by atoms with Gasteiger partial charge in [-0.05, 0) is 30.7 Å². The van der Waals surface area contributed by atoms with Crippen LogP contribution in [0.1, 0.15) is 23.7 Å². The van der Waals surface area contributed by atoms with Gasteiger partial charge < -0.3 is 15.3 Å². The van der Waals surface area contributed by atoms with Gasteiger partial charge in [0.25, 0.3) is 0 Å². The van der Waals surface area contributed by atoms with E-state index in [0.717, 1.165) is 0 Å². The maximum atomic E-state index is 12.4. The number of carbonyl (C=O) groups excluding carboxylic acids is 1. The molecule has 0 heterocycles. The highest BCUT2D eigenvalue weighted by Gasteiger charge is 2.32. The van der Waals surface area contributed by atoms with Crippen LogP contribution in [0.5, 0.6) is 0 Å². The van der Waals surface area contributed by atoms with E-state index in [1.807, 2.05) is 0 Å². The van der Waals surface area contributed by atoms with Gasteiger partial charge in [0.1, 0.15) is 6.54 Å². The summed E-state index contributed by atoms with van der Waals surface area (Å²) in [4.78, 5) is 23.1. The molecule has 0 aromatic heterocycles. The van der Waals surface area contributed by atoms with Gasteiger partial charge in [-0.15, -0.1) is 0 Å². The van der Waals surface area contributed by atoms with Crippen molar-refractivity contribution < 1.29 is 27.9 Å². The number of carboxylic acid groups (broad SMARTS) is 1. The van der Waals surface area contributed by atoms with Gasteiger partial charge in [-0.3, -0.25) is 0 Å². The number of hydrogen-bond donors (Lipinski definition) is 2. The van der Waals surface area contributed by atoms with Crippen molar-refractivity contribution in [2.75, 3.05) is 18.4 Å². The molecule has 0 unspecified atom stereocenters. The van der Waals surface area contributed by atoms with E-state index in [1.54, 1.807) is 6.92 Å². The normalized spacial score (nSPS) is 11.0. The lowest BCUT2D eigenvalue weighted by atomic mass is 10.2. The Kier molecular flexibility index (Phi) is 5.57. The Morgan fingerprint density at radius 2 is 1.81 bits per heavy atom. The summed E-state index contributed by atoms with van der Waals surface area (Å²) in [6.07, 6.45) is -4.08. The number of carboxylic acids is 1. The number of nitrogens with zero attached hydrogens (tertiary/aromatic N) is 1. The molecule has 2 N–H and O–H groups in total.